The van der Waals surface area contributed by atoms with Crippen molar-refractivity contribution in [1.29, 1.82) is 0 Å². The van der Waals surface area contributed by atoms with E-state index in [1.807, 2.05) is 0 Å². The number of rotatable bonds is 10. The summed E-state index contributed by atoms with van der Waals surface area (Å²) in [7, 11) is 4.51. The Morgan fingerprint density at radius 3 is 2.04 bits per heavy atom. The fraction of sp³-hybridized carbons (Fsp3) is 0.500. The lowest BCUT2D eigenvalue weighted by Crippen LogP contribution is -2.07. The third kappa shape index (κ3) is 5.86. The molecule has 0 radical (unpaired) electrons. The highest BCUT2D eigenvalue weighted by molar-refractivity contribution is 5.82. The monoisotopic (exact) mass is 354 g/mol. The molecule has 0 aromatic heterocycles. The molecule has 1 aromatic rings. The molecule has 0 heterocycles. The van der Waals surface area contributed by atoms with Gasteiger partial charge in [-0.2, -0.15) is 0 Å². The predicted octanol–water partition coefficient (Wildman–Crippen LogP) is 2.62. The second-order valence-electron chi connectivity index (χ2n) is 4.97. The van der Waals surface area contributed by atoms with Crippen LogP contribution in [0.1, 0.15) is 31.9 Å². The second kappa shape index (κ2) is 10.5. The van der Waals surface area contributed by atoms with Gasteiger partial charge in [0, 0.05) is 6.42 Å². The minimum absolute atomic E-state index is 0.102. The average Bonchev–Trinajstić information content (AvgIpc) is 2.60. The summed E-state index contributed by atoms with van der Waals surface area (Å²) >= 11 is 0. The number of methoxy groups -OCH3 is 3. The molecule has 0 bridgehead atoms. The molecular weight excluding hydrogens is 328 g/mol. The van der Waals surface area contributed by atoms with Crippen molar-refractivity contribution in [2.75, 3.05) is 34.5 Å². The number of hydrogen-bond acceptors (Lipinski definition) is 7. The Kier molecular flexibility index (Phi) is 8.63. The summed E-state index contributed by atoms with van der Waals surface area (Å²) in [5, 5.41) is 10.5. The van der Waals surface area contributed by atoms with Gasteiger partial charge in [-0.15, -0.1) is 0 Å². The van der Waals surface area contributed by atoms with Gasteiger partial charge in [-0.05, 0) is 31.5 Å². The summed E-state index contributed by atoms with van der Waals surface area (Å²) in [6, 6.07) is 3.31. The van der Waals surface area contributed by atoms with E-state index < -0.39 is 12.1 Å². The first-order valence-corrected chi connectivity index (χ1v) is 7.98. The quantitative estimate of drug-likeness (QED) is 0.393. The van der Waals surface area contributed by atoms with Crippen LogP contribution in [-0.4, -0.2) is 45.6 Å². The van der Waals surface area contributed by atoms with Crippen molar-refractivity contribution in [3.8, 4) is 17.2 Å². The fourth-order valence-electron chi connectivity index (χ4n) is 2.26. The highest BCUT2D eigenvalue weighted by atomic mass is 16.5. The van der Waals surface area contributed by atoms with E-state index in [-0.39, 0.29) is 13.0 Å². The standard InChI is InChI=1S/C18H26O7/c1-6-24-13(11-17(20)25-7-2)10-14(19)12-8-15(21-3)18(23-5)16(9-12)22-4/h8-9,11,14,19H,6-7,10H2,1-5H3/b13-11+/t14-/m1/s1. The Hall–Kier alpha value is -2.41. The zero-order chi connectivity index (χ0) is 18.8. The molecule has 0 aliphatic carbocycles. The minimum Gasteiger partial charge on any atom is -0.498 e. The Bertz CT molecular complexity index is 570. The first-order valence-electron chi connectivity index (χ1n) is 7.98. The molecule has 1 N–H and O–H groups in total. The lowest BCUT2D eigenvalue weighted by Gasteiger charge is -2.18. The largest absolute Gasteiger partial charge is 0.498 e. The van der Waals surface area contributed by atoms with Gasteiger partial charge in [-0.25, -0.2) is 4.79 Å². The van der Waals surface area contributed by atoms with Crippen LogP contribution in [0.3, 0.4) is 0 Å². The van der Waals surface area contributed by atoms with Gasteiger partial charge in [-0.3, -0.25) is 0 Å². The van der Waals surface area contributed by atoms with Crippen molar-refractivity contribution in [3.05, 3.63) is 29.5 Å². The number of ether oxygens (including phenoxy) is 5. The van der Waals surface area contributed by atoms with Crippen LogP contribution in [0.4, 0.5) is 0 Å². The van der Waals surface area contributed by atoms with E-state index >= 15 is 0 Å². The summed E-state index contributed by atoms with van der Waals surface area (Å²) in [6.07, 6.45) is 0.417. The summed E-state index contributed by atoms with van der Waals surface area (Å²) in [5.74, 6) is 1.13. The molecule has 7 nitrogen and oxygen atoms in total. The van der Waals surface area contributed by atoms with Gasteiger partial charge in [-0.1, -0.05) is 0 Å². The molecule has 25 heavy (non-hydrogen) atoms. The first kappa shape index (κ1) is 20.6. The maximum atomic E-state index is 11.6. The van der Waals surface area contributed by atoms with Crippen molar-refractivity contribution in [3.63, 3.8) is 0 Å². The Morgan fingerprint density at radius 1 is 1.04 bits per heavy atom. The van der Waals surface area contributed by atoms with Crippen molar-refractivity contribution < 1.29 is 33.6 Å². The number of carbonyl (C=O) groups is 1. The molecule has 0 saturated carbocycles. The number of esters is 1. The van der Waals surface area contributed by atoms with E-state index in [1.54, 1.807) is 26.0 Å². The van der Waals surface area contributed by atoms with Crippen molar-refractivity contribution in [2.45, 2.75) is 26.4 Å². The van der Waals surface area contributed by atoms with E-state index in [2.05, 4.69) is 0 Å². The third-order valence-electron chi connectivity index (χ3n) is 3.36. The van der Waals surface area contributed by atoms with Crippen molar-refractivity contribution in [2.24, 2.45) is 0 Å². The third-order valence-corrected chi connectivity index (χ3v) is 3.36. The lowest BCUT2D eigenvalue weighted by atomic mass is 10.0. The van der Waals surface area contributed by atoms with Crippen LogP contribution < -0.4 is 14.2 Å². The average molecular weight is 354 g/mol. The molecule has 1 rings (SSSR count). The van der Waals surface area contributed by atoms with Crippen LogP contribution in [0.5, 0.6) is 17.2 Å². The molecule has 7 heteroatoms. The molecule has 0 fully saturated rings. The van der Waals surface area contributed by atoms with Crippen molar-refractivity contribution >= 4 is 5.97 Å². The van der Waals surface area contributed by atoms with Crippen LogP contribution in [0.15, 0.2) is 24.0 Å². The predicted molar refractivity (Wildman–Crippen MR) is 92.0 cm³/mol. The molecule has 0 aliphatic rings. The number of aliphatic hydroxyl groups is 1. The van der Waals surface area contributed by atoms with Gasteiger partial charge in [0.25, 0.3) is 0 Å². The number of benzene rings is 1. The fourth-order valence-corrected chi connectivity index (χ4v) is 2.26. The summed E-state index contributed by atoms with van der Waals surface area (Å²) in [4.78, 5) is 11.6. The van der Waals surface area contributed by atoms with Crippen LogP contribution in [-0.2, 0) is 14.3 Å². The Labute approximate surface area is 148 Å². The SMILES string of the molecule is CCOC(=O)/C=C(\C[C@@H](O)c1cc(OC)c(OC)c(OC)c1)OCC. The highest BCUT2D eigenvalue weighted by Crippen LogP contribution is 2.40. The van der Waals surface area contributed by atoms with Crippen LogP contribution in [0.25, 0.3) is 0 Å². The van der Waals surface area contributed by atoms with Gasteiger partial charge in [0.1, 0.15) is 5.76 Å². The van der Waals surface area contributed by atoms with E-state index in [0.29, 0.717) is 35.2 Å². The van der Waals surface area contributed by atoms with Crippen LogP contribution >= 0.6 is 0 Å². The van der Waals surface area contributed by atoms with Gasteiger partial charge in [0.2, 0.25) is 5.75 Å². The van der Waals surface area contributed by atoms with Gasteiger partial charge >= 0.3 is 5.97 Å². The van der Waals surface area contributed by atoms with Gasteiger partial charge in [0.05, 0.1) is 46.7 Å². The van der Waals surface area contributed by atoms with Gasteiger partial charge in [0.15, 0.2) is 11.5 Å². The van der Waals surface area contributed by atoms with E-state index in [1.165, 1.54) is 27.4 Å². The van der Waals surface area contributed by atoms with Crippen LogP contribution in [0, 0.1) is 0 Å². The molecule has 1 aromatic carbocycles. The smallest absolute Gasteiger partial charge is 0.334 e. The molecular formula is C18H26O7. The molecule has 140 valence electrons. The highest BCUT2D eigenvalue weighted by Gasteiger charge is 2.19. The maximum absolute atomic E-state index is 11.6. The van der Waals surface area contributed by atoms with Crippen molar-refractivity contribution in [1.82, 2.24) is 0 Å². The van der Waals surface area contributed by atoms with Crippen LogP contribution in [0.2, 0.25) is 0 Å². The van der Waals surface area contributed by atoms with Gasteiger partial charge < -0.3 is 28.8 Å². The molecule has 0 saturated heterocycles. The first-order chi connectivity index (χ1) is 12.0. The lowest BCUT2D eigenvalue weighted by molar-refractivity contribution is -0.137. The number of hydrogen-bond donors (Lipinski definition) is 1. The minimum atomic E-state index is -0.930. The summed E-state index contributed by atoms with van der Waals surface area (Å²) < 4.78 is 26.1. The number of aliphatic hydroxyl groups excluding tert-OH is 1. The zero-order valence-corrected chi connectivity index (χ0v) is 15.3. The Morgan fingerprint density at radius 2 is 1.60 bits per heavy atom. The number of carbonyl (C=O) groups excluding carboxylic acids is 1. The molecule has 0 unspecified atom stereocenters. The topological polar surface area (TPSA) is 83.5 Å². The zero-order valence-electron chi connectivity index (χ0n) is 15.3. The maximum Gasteiger partial charge on any atom is 0.334 e. The summed E-state index contributed by atoms with van der Waals surface area (Å²) in [6.45, 7) is 4.15. The summed E-state index contributed by atoms with van der Waals surface area (Å²) in [5.41, 5.74) is 0.545. The molecule has 0 spiro atoms. The molecule has 0 amide bonds. The van der Waals surface area contributed by atoms with E-state index in [4.69, 9.17) is 23.7 Å². The van der Waals surface area contributed by atoms with E-state index in [0.717, 1.165) is 0 Å². The second-order valence-corrected chi connectivity index (χ2v) is 4.97. The Balaban J connectivity index is 3.08. The van der Waals surface area contributed by atoms with E-state index in [9.17, 15) is 9.90 Å². The normalized spacial score (nSPS) is 12.3. The molecule has 1 atom stereocenters. The molecule has 0 aliphatic heterocycles.